The number of carbonyl (C=O) groups excluding carboxylic acids is 2. The van der Waals surface area contributed by atoms with Crippen molar-refractivity contribution in [2.75, 3.05) is 6.61 Å². The van der Waals surface area contributed by atoms with Gasteiger partial charge in [0.05, 0.1) is 24.9 Å². The van der Waals surface area contributed by atoms with Crippen molar-refractivity contribution in [1.82, 2.24) is 14.9 Å². The summed E-state index contributed by atoms with van der Waals surface area (Å²) in [6.45, 7) is 3.97. The fourth-order valence-corrected chi connectivity index (χ4v) is 4.15. The average molecular weight is 391 g/mol. The summed E-state index contributed by atoms with van der Waals surface area (Å²) in [6.07, 6.45) is 1.33. The lowest BCUT2D eigenvalue weighted by Crippen LogP contribution is -2.32. The molecule has 1 N–H and O–H groups in total. The van der Waals surface area contributed by atoms with Gasteiger partial charge in [-0.2, -0.15) is 0 Å². The molecule has 3 aromatic rings. The van der Waals surface area contributed by atoms with E-state index in [1.54, 1.807) is 25.2 Å². The number of fused-ring (bicyclic) bond motifs is 1. The highest BCUT2D eigenvalue weighted by atomic mass is 32.1. The highest BCUT2D eigenvalue weighted by molar-refractivity contribution is 7.20. The van der Waals surface area contributed by atoms with Crippen molar-refractivity contribution in [1.29, 1.82) is 0 Å². The van der Waals surface area contributed by atoms with Crippen LogP contribution in [0.25, 0.3) is 10.2 Å². The van der Waals surface area contributed by atoms with Gasteiger partial charge in [-0.1, -0.05) is 6.07 Å². The zero-order valence-corrected chi connectivity index (χ0v) is 15.9. The van der Waals surface area contributed by atoms with Crippen molar-refractivity contribution in [3.8, 4) is 0 Å². The van der Waals surface area contributed by atoms with Crippen molar-refractivity contribution in [3.63, 3.8) is 0 Å². The summed E-state index contributed by atoms with van der Waals surface area (Å²) in [4.78, 5) is 42.9. The predicted molar refractivity (Wildman–Crippen MR) is 101 cm³/mol. The van der Waals surface area contributed by atoms with E-state index in [1.807, 2.05) is 17.5 Å². The van der Waals surface area contributed by atoms with E-state index in [0.717, 1.165) is 16.2 Å². The first-order chi connectivity index (χ1) is 12.5. The summed E-state index contributed by atoms with van der Waals surface area (Å²) in [5, 5.41) is 5.06. The highest BCUT2D eigenvalue weighted by Gasteiger charge is 2.20. The van der Waals surface area contributed by atoms with Crippen molar-refractivity contribution in [2.45, 2.75) is 26.9 Å². The van der Waals surface area contributed by atoms with Crippen LogP contribution in [0.1, 0.15) is 27.0 Å². The second-order valence-electron chi connectivity index (χ2n) is 5.49. The van der Waals surface area contributed by atoms with Crippen molar-refractivity contribution in [2.24, 2.45) is 0 Å². The summed E-state index contributed by atoms with van der Waals surface area (Å²) >= 11 is 2.67. The van der Waals surface area contributed by atoms with Crippen LogP contribution in [-0.2, 0) is 22.6 Å². The quantitative estimate of drug-likeness (QED) is 0.651. The van der Waals surface area contributed by atoms with Gasteiger partial charge < -0.3 is 10.1 Å². The number of rotatable bonds is 6. The van der Waals surface area contributed by atoms with Gasteiger partial charge in [0, 0.05) is 4.88 Å². The molecule has 0 aliphatic rings. The third kappa shape index (κ3) is 3.68. The molecule has 0 aliphatic carbocycles. The first-order valence-corrected chi connectivity index (χ1v) is 9.65. The molecule has 0 bridgehead atoms. The SMILES string of the molecule is CCOC(=O)c1sc2ncn(CC(=O)NCc3cccs3)c(=O)c2c1C. The van der Waals surface area contributed by atoms with Crippen molar-refractivity contribution >= 4 is 44.8 Å². The lowest BCUT2D eigenvalue weighted by molar-refractivity contribution is -0.121. The van der Waals surface area contributed by atoms with E-state index in [1.165, 1.54) is 10.9 Å². The molecule has 0 unspecified atom stereocenters. The van der Waals surface area contributed by atoms with E-state index in [9.17, 15) is 14.4 Å². The maximum atomic E-state index is 12.7. The predicted octanol–water partition coefficient (Wildman–Crippen LogP) is 2.32. The molecule has 26 heavy (non-hydrogen) atoms. The molecule has 0 aromatic carbocycles. The fourth-order valence-electron chi connectivity index (χ4n) is 2.47. The number of nitrogens with zero attached hydrogens (tertiary/aromatic N) is 2. The molecule has 0 saturated carbocycles. The molecule has 0 atom stereocenters. The molecule has 0 saturated heterocycles. The molecule has 0 spiro atoms. The van der Waals surface area contributed by atoms with Crippen LogP contribution in [0.15, 0.2) is 28.6 Å². The number of hydrogen-bond acceptors (Lipinski definition) is 7. The number of esters is 1. The molecular formula is C17H17N3O4S2. The van der Waals surface area contributed by atoms with Gasteiger partial charge >= 0.3 is 5.97 Å². The number of carbonyl (C=O) groups is 2. The smallest absolute Gasteiger partial charge is 0.348 e. The standard InChI is InChI=1S/C17H17N3O4S2/c1-3-24-17(23)14-10(2)13-15(26-14)19-9-20(16(13)22)8-12(21)18-7-11-5-4-6-25-11/h4-6,9H,3,7-8H2,1-2H3,(H,18,21). The average Bonchev–Trinajstić information content (AvgIpc) is 3.24. The highest BCUT2D eigenvalue weighted by Crippen LogP contribution is 2.27. The number of hydrogen-bond donors (Lipinski definition) is 1. The van der Waals surface area contributed by atoms with Crippen LogP contribution in [-0.4, -0.2) is 28.0 Å². The van der Waals surface area contributed by atoms with Gasteiger partial charge in [0.1, 0.15) is 16.3 Å². The molecule has 1 amide bonds. The minimum Gasteiger partial charge on any atom is -0.462 e. The summed E-state index contributed by atoms with van der Waals surface area (Å²) in [6, 6.07) is 3.84. The van der Waals surface area contributed by atoms with Crippen LogP contribution < -0.4 is 10.9 Å². The Morgan fingerprint density at radius 3 is 2.88 bits per heavy atom. The third-order valence-corrected chi connectivity index (χ3v) is 5.79. The van der Waals surface area contributed by atoms with E-state index in [4.69, 9.17) is 4.74 Å². The zero-order valence-electron chi connectivity index (χ0n) is 14.3. The Morgan fingerprint density at radius 2 is 2.19 bits per heavy atom. The molecule has 3 rings (SSSR count). The topological polar surface area (TPSA) is 90.3 Å². The largest absolute Gasteiger partial charge is 0.462 e. The van der Waals surface area contributed by atoms with Gasteiger partial charge in [0.2, 0.25) is 5.91 Å². The second kappa shape index (κ2) is 7.79. The van der Waals surface area contributed by atoms with E-state index < -0.39 is 5.97 Å². The van der Waals surface area contributed by atoms with Crippen LogP contribution in [0.3, 0.4) is 0 Å². The maximum absolute atomic E-state index is 12.7. The maximum Gasteiger partial charge on any atom is 0.348 e. The van der Waals surface area contributed by atoms with Crippen LogP contribution in [0.4, 0.5) is 0 Å². The summed E-state index contributed by atoms with van der Waals surface area (Å²) in [7, 11) is 0. The van der Waals surface area contributed by atoms with Crippen LogP contribution in [0.5, 0.6) is 0 Å². The Morgan fingerprint density at radius 1 is 1.38 bits per heavy atom. The minimum absolute atomic E-state index is 0.128. The number of nitrogens with one attached hydrogen (secondary N) is 1. The Balaban J connectivity index is 1.82. The van der Waals surface area contributed by atoms with Crippen LogP contribution >= 0.6 is 22.7 Å². The van der Waals surface area contributed by atoms with Gasteiger partial charge in [-0.05, 0) is 30.9 Å². The summed E-state index contributed by atoms with van der Waals surface area (Å²) in [5.74, 6) is -0.743. The van der Waals surface area contributed by atoms with Gasteiger partial charge in [-0.3, -0.25) is 14.2 Å². The Labute approximate surface area is 157 Å². The fraction of sp³-hybridized carbons (Fsp3) is 0.294. The van der Waals surface area contributed by atoms with Crippen LogP contribution in [0, 0.1) is 6.92 Å². The van der Waals surface area contributed by atoms with E-state index >= 15 is 0 Å². The van der Waals surface area contributed by atoms with Crippen molar-refractivity contribution < 1.29 is 14.3 Å². The number of aryl methyl sites for hydroxylation is 1. The van der Waals surface area contributed by atoms with Crippen LogP contribution in [0.2, 0.25) is 0 Å². The Bertz CT molecular complexity index is 1010. The second-order valence-corrected chi connectivity index (χ2v) is 7.52. The first-order valence-electron chi connectivity index (χ1n) is 7.96. The molecule has 3 aromatic heterocycles. The number of amides is 1. The third-order valence-electron chi connectivity index (χ3n) is 3.73. The van der Waals surface area contributed by atoms with Gasteiger partial charge in [0.15, 0.2) is 0 Å². The summed E-state index contributed by atoms with van der Waals surface area (Å²) in [5.41, 5.74) is 0.194. The monoisotopic (exact) mass is 391 g/mol. The molecule has 136 valence electrons. The minimum atomic E-state index is -0.465. The van der Waals surface area contributed by atoms with Gasteiger partial charge in [0.25, 0.3) is 5.56 Å². The zero-order chi connectivity index (χ0) is 18.7. The number of thiophene rings is 2. The summed E-state index contributed by atoms with van der Waals surface area (Å²) < 4.78 is 6.26. The molecule has 3 heterocycles. The first kappa shape index (κ1) is 18.3. The molecule has 0 fully saturated rings. The molecule has 0 aliphatic heterocycles. The molecular weight excluding hydrogens is 374 g/mol. The lowest BCUT2D eigenvalue weighted by Gasteiger charge is -2.06. The normalized spacial score (nSPS) is 10.8. The number of ether oxygens (including phenoxy) is 1. The molecule has 0 radical (unpaired) electrons. The van der Waals surface area contributed by atoms with E-state index in [2.05, 4.69) is 10.3 Å². The number of aromatic nitrogens is 2. The molecule has 7 nitrogen and oxygen atoms in total. The van der Waals surface area contributed by atoms with Gasteiger partial charge in [-0.25, -0.2) is 9.78 Å². The van der Waals surface area contributed by atoms with Gasteiger partial charge in [-0.15, -0.1) is 22.7 Å². The Hall–Kier alpha value is -2.52. The lowest BCUT2D eigenvalue weighted by atomic mass is 10.2. The van der Waals surface area contributed by atoms with Crippen molar-refractivity contribution in [3.05, 3.63) is 49.5 Å². The van der Waals surface area contributed by atoms with E-state index in [0.29, 0.717) is 27.2 Å². The Kier molecular flexibility index (Phi) is 5.48. The molecule has 9 heteroatoms. The van der Waals surface area contributed by atoms with E-state index in [-0.39, 0.29) is 24.6 Å².